The van der Waals surface area contributed by atoms with Gasteiger partial charge in [-0.25, -0.2) is 4.39 Å². The van der Waals surface area contributed by atoms with Crippen molar-refractivity contribution in [1.82, 2.24) is 4.90 Å². The standard InChI is InChI=1S/C18H21F.C15H25N/c1-3-4-5-18(15-8-6-14(2)7-9-15)16-10-12-17(19)13-11-16;1-3-12-16(13-4-2)14-8-11-15-9-6-5-7-10-15/h6-13,18H,3-5H2,1-2H3;5-7,9-10H,3-4,8,11-14H2,1-2H3. The van der Waals surface area contributed by atoms with E-state index in [1.807, 2.05) is 12.1 Å². The third-order valence-corrected chi connectivity index (χ3v) is 6.46. The average Bonchev–Trinajstić information content (AvgIpc) is 2.87. The van der Waals surface area contributed by atoms with Crippen LogP contribution in [0.15, 0.2) is 78.9 Å². The van der Waals surface area contributed by atoms with Crippen molar-refractivity contribution in [2.75, 3.05) is 19.6 Å². The van der Waals surface area contributed by atoms with Gasteiger partial charge in [-0.3, -0.25) is 0 Å². The lowest BCUT2D eigenvalue weighted by molar-refractivity contribution is 0.271. The van der Waals surface area contributed by atoms with E-state index < -0.39 is 0 Å². The molecule has 1 atom stereocenters. The second-order valence-corrected chi connectivity index (χ2v) is 9.59. The Balaban J connectivity index is 0.000000251. The fourth-order valence-electron chi connectivity index (χ4n) is 4.55. The van der Waals surface area contributed by atoms with E-state index in [-0.39, 0.29) is 5.82 Å². The predicted octanol–water partition coefficient (Wildman–Crippen LogP) is 9.20. The molecule has 3 aromatic carbocycles. The van der Waals surface area contributed by atoms with Gasteiger partial charge in [0.2, 0.25) is 0 Å². The zero-order chi connectivity index (χ0) is 25.3. The number of rotatable bonds is 13. The minimum atomic E-state index is -0.165. The molecule has 35 heavy (non-hydrogen) atoms. The number of aryl methyl sites for hydroxylation is 2. The summed E-state index contributed by atoms with van der Waals surface area (Å²) in [6.45, 7) is 12.6. The lowest BCUT2D eigenvalue weighted by Crippen LogP contribution is -2.26. The average molecular weight is 476 g/mol. The summed E-state index contributed by atoms with van der Waals surface area (Å²) >= 11 is 0. The van der Waals surface area contributed by atoms with Crippen molar-refractivity contribution in [3.8, 4) is 0 Å². The molecule has 0 aliphatic carbocycles. The van der Waals surface area contributed by atoms with Crippen molar-refractivity contribution >= 4 is 0 Å². The fourth-order valence-corrected chi connectivity index (χ4v) is 4.55. The molecule has 0 heterocycles. The largest absolute Gasteiger partial charge is 0.303 e. The van der Waals surface area contributed by atoms with Crippen molar-refractivity contribution in [2.24, 2.45) is 0 Å². The fraction of sp³-hybridized carbons (Fsp3) is 0.455. The molecule has 0 fully saturated rings. The summed E-state index contributed by atoms with van der Waals surface area (Å²) in [7, 11) is 0. The van der Waals surface area contributed by atoms with Gasteiger partial charge in [-0.15, -0.1) is 0 Å². The normalized spacial score (nSPS) is 11.7. The first-order chi connectivity index (χ1) is 17.1. The maximum Gasteiger partial charge on any atom is 0.123 e. The molecule has 0 aliphatic heterocycles. The van der Waals surface area contributed by atoms with E-state index in [0.29, 0.717) is 5.92 Å². The predicted molar refractivity (Wildman–Crippen MR) is 151 cm³/mol. The lowest BCUT2D eigenvalue weighted by atomic mass is 9.87. The Bertz CT molecular complexity index is 851. The van der Waals surface area contributed by atoms with Crippen LogP contribution in [0.25, 0.3) is 0 Å². The van der Waals surface area contributed by atoms with E-state index in [1.165, 1.54) is 80.4 Å². The Kier molecular flexibility index (Phi) is 14.0. The van der Waals surface area contributed by atoms with Crippen LogP contribution in [0.3, 0.4) is 0 Å². The topological polar surface area (TPSA) is 3.24 Å². The quantitative estimate of drug-likeness (QED) is 0.238. The van der Waals surface area contributed by atoms with Crippen molar-refractivity contribution < 1.29 is 4.39 Å². The van der Waals surface area contributed by atoms with Crippen LogP contribution >= 0.6 is 0 Å². The zero-order valence-corrected chi connectivity index (χ0v) is 22.5. The molecule has 0 aromatic heterocycles. The second-order valence-electron chi connectivity index (χ2n) is 9.59. The van der Waals surface area contributed by atoms with Crippen LogP contribution < -0.4 is 0 Å². The summed E-state index contributed by atoms with van der Waals surface area (Å²) in [5.74, 6) is 0.211. The van der Waals surface area contributed by atoms with Gasteiger partial charge >= 0.3 is 0 Å². The Morgan fingerprint density at radius 2 is 1.23 bits per heavy atom. The third kappa shape index (κ3) is 11.2. The second kappa shape index (κ2) is 17.1. The molecule has 0 saturated carbocycles. The monoisotopic (exact) mass is 475 g/mol. The van der Waals surface area contributed by atoms with Crippen molar-refractivity contribution in [3.05, 3.63) is 107 Å². The molecule has 1 nitrogen and oxygen atoms in total. The van der Waals surface area contributed by atoms with E-state index in [9.17, 15) is 4.39 Å². The van der Waals surface area contributed by atoms with Crippen molar-refractivity contribution in [2.45, 2.75) is 78.6 Å². The van der Waals surface area contributed by atoms with Gasteiger partial charge in [0, 0.05) is 5.92 Å². The Labute approximate surface area is 214 Å². The van der Waals surface area contributed by atoms with Crippen LogP contribution in [0.1, 0.15) is 87.5 Å². The molecule has 190 valence electrons. The number of benzene rings is 3. The summed E-state index contributed by atoms with van der Waals surface area (Å²) in [5, 5.41) is 0. The first kappa shape index (κ1) is 28.8. The Hall–Kier alpha value is -2.45. The summed E-state index contributed by atoms with van der Waals surface area (Å²) in [5.41, 5.74) is 5.27. The van der Waals surface area contributed by atoms with Crippen LogP contribution in [0, 0.1) is 12.7 Å². The van der Waals surface area contributed by atoms with Crippen molar-refractivity contribution in [3.63, 3.8) is 0 Å². The first-order valence-corrected chi connectivity index (χ1v) is 13.7. The summed E-state index contributed by atoms with van der Waals surface area (Å²) in [6.07, 6.45) is 8.52. The van der Waals surface area contributed by atoms with Crippen LogP contribution in [-0.4, -0.2) is 24.5 Å². The molecule has 0 radical (unpaired) electrons. The maximum atomic E-state index is 13.1. The van der Waals surface area contributed by atoms with Gasteiger partial charge < -0.3 is 4.90 Å². The lowest BCUT2D eigenvalue weighted by Gasteiger charge is -2.20. The van der Waals surface area contributed by atoms with Gasteiger partial charge in [-0.2, -0.15) is 0 Å². The number of nitrogens with zero attached hydrogens (tertiary/aromatic N) is 1. The van der Waals surface area contributed by atoms with Crippen LogP contribution in [0.2, 0.25) is 0 Å². The first-order valence-electron chi connectivity index (χ1n) is 13.7. The minimum Gasteiger partial charge on any atom is -0.303 e. The molecule has 3 aromatic rings. The number of halogens is 1. The van der Waals surface area contributed by atoms with E-state index >= 15 is 0 Å². The highest BCUT2D eigenvalue weighted by atomic mass is 19.1. The molecular formula is C33H46FN. The summed E-state index contributed by atoms with van der Waals surface area (Å²) in [4.78, 5) is 2.59. The summed E-state index contributed by atoms with van der Waals surface area (Å²) in [6, 6.07) is 26.4. The van der Waals surface area contributed by atoms with Gasteiger partial charge in [0.1, 0.15) is 5.82 Å². The smallest absolute Gasteiger partial charge is 0.123 e. The number of unbranched alkanes of at least 4 members (excludes halogenated alkanes) is 1. The van der Waals surface area contributed by atoms with Gasteiger partial charge in [-0.05, 0) is 87.5 Å². The van der Waals surface area contributed by atoms with E-state index in [4.69, 9.17) is 0 Å². The van der Waals surface area contributed by atoms with Gasteiger partial charge in [0.15, 0.2) is 0 Å². The third-order valence-electron chi connectivity index (χ3n) is 6.46. The molecule has 0 spiro atoms. The van der Waals surface area contributed by atoms with Gasteiger partial charge in [-0.1, -0.05) is 106 Å². The summed E-state index contributed by atoms with van der Waals surface area (Å²) < 4.78 is 13.1. The molecule has 0 bridgehead atoms. The van der Waals surface area contributed by atoms with E-state index in [1.54, 1.807) is 12.1 Å². The molecule has 2 heteroatoms. The Morgan fingerprint density at radius 3 is 1.77 bits per heavy atom. The zero-order valence-electron chi connectivity index (χ0n) is 22.5. The van der Waals surface area contributed by atoms with Crippen LogP contribution in [-0.2, 0) is 6.42 Å². The van der Waals surface area contributed by atoms with Gasteiger partial charge in [0.25, 0.3) is 0 Å². The van der Waals surface area contributed by atoms with E-state index in [2.05, 4.69) is 87.2 Å². The number of hydrogen-bond acceptors (Lipinski definition) is 1. The molecule has 0 saturated heterocycles. The number of hydrogen-bond donors (Lipinski definition) is 0. The Morgan fingerprint density at radius 1 is 0.657 bits per heavy atom. The maximum absolute atomic E-state index is 13.1. The highest BCUT2D eigenvalue weighted by molar-refractivity contribution is 5.34. The highest BCUT2D eigenvalue weighted by Gasteiger charge is 2.13. The molecule has 0 N–H and O–H groups in total. The van der Waals surface area contributed by atoms with Gasteiger partial charge in [0.05, 0.1) is 0 Å². The molecule has 0 amide bonds. The molecule has 3 rings (SSSR count). The molecular weight excluding hydrogens is 429 g/mol. The minimum absolute atomic E-state index is 0.165. The molecule has 0 aliphatic rings. The highest BCUT2D eigenvalue weighted by Crippen LogP contribution is 2.30. The van der Waals surface area contributed by atoms with Crippen LogP contribution in [0.5, 0.6) is 0 Å². The van der Waals surface area contributed by atoms with E-state index in [0.717, 1.165) is 6.42 Å². The SMILES string of the molecule is CCCCC(c1ccc(C)cc1)c1ccc(F)cc1.CCCN(CCC)CCCc1ccccc1. The van der Waals surface area contributed by atoms with Crippen LogP contribution in [0.4, 0.5) is 4.39 Å². The van der Waals surface area contributed by atoms with Crippen molar-refractivity contribution in [1.29, 1.82) is 0 Å². The molecule has 1 unspecified atom stereocenters.